The molecule has 2 heterocycles. The molecule has 8 nitrogen and oxygen atoms in total. The van der Waals surface area contributed by atoms with Crippen molar-refractivity contribution in [3.63, 3.8) is 0 Å². The van der Waals surface area contributed by atoms with E-state index in [2.05, 4.69) is 10.3 Å². The van der Waals surface area contributed by atoms with Crippen molar-refractivity contribution < 1.29 is 24.2 Å². The molecule has 1 fully saturated rings. The molecule has 0 spiro atoms. The van der Waals surface area contributed by atoms with E-state index in [-0.39, 0.29) is 23.9 Å². The summed E-state index contributed by atoms with van der Waals surface area (Å²) in [6.07, 6.45) is 5.08. The molecule has 3 rings (SSSR count). The highest BCUT2D eigenvalue weighted by molar-refractivity contribution is 5.86. The highest BCUT2D eigenvalue weighted by atomic mass is 16.4. The lowest BCUT2D eigenvalue weighted by molar-refractivity contribution is 0.0657. The Bertz CT molecular complexity index is 727. The molecule has 0 atom stereocenters. The Kier molecular flexibility index (Phi) is 4.14. The average molecular weight is 319 g/mol. The van der Waals surface area contributed by atoms with Crippen LogP contribution in [0.15, 0.2) is 16.5 Å². The summed E-state index contributed by atoms with van der Waals surface area (Å²) in [4.78, 5) is 22.3. The van der Waals surface area contributed by atoms with Gasteiger partial charge in [0.2, 0.25) is 5.76 Å². The van der Waals surface area contributed by atoms with Crippen molar-refractivity contribution in [2.24, 2.45) is 0 Å². The van der Waals surface area contributed by atoms with Gasteiger partial charge < -0.3 is 14.6 Å². The van der Waals surface area contributed by atoms with Crippen molar-refractivity contribution in [2.75, 3.05) is 0 Å². The Hall–Kier alpha value is -2.64. The fourth-order valence-electron chi connectivity index (χ4n) is 3.10. The van der Waals surface area contributed by atoms with Crippen LogP contribution in [0, 0.1) is 0 Å². The van der Waals surface area contributed by atoms with Crippen LogP contribution in [0.25, 0.3) is 0 Å². The van der Waals surface area contributed by atoms with Crippen LogP contribution in [0.1, 0.15) is 70.5 Å². The minimum atomic E-state index is -1.14. The number of aromatic nitrogens is 3. The zero-order valence-corrected chi connectivity index (χ0v) is 12.4. The Morgan fingerprint density at radius 3 is 2.52 bits per heavy atom. The summed E-state index contributed by atoms with van der Waals surface area (Å²) < 4.78 is 6.74. The quantitative estimate of drug-likeness (QED) is 0.868. The Balaban J connectivity index is 1.91. The summed E-state index contributed by atoms with van der Waals surface area (Å²) in [7, 11) is 0. The molecule has 0 amide bonds. The van der Waals surface area contributed by atoms with Crippen LogP contribution in [0.4, 0.5) is 0 Å². The highest BCUT2D eigenvalue weighted by Gasteiger charge is 2.28. The van der Waals surface area contributed by atoms with E-state index >= 15 is 0 Å². The first kappa shape index (κ1) is 15.3. The molecule has 122 valence electrons. The van der Waals surface area contributed by atoms with Crippen molar-refractivity contribution in [1.82, 2.24) is 15.0 Å². The number of carboxylic acid groups (broad SMARTS) is 2. The first-order valence-electron chi connectivity index (χ1n) is 7.55. The lowest BCUT2D eigenvalue weighted by atomic mass is 9.86. The van der Waals surface area contributed by atoms with E-state index in [0.29, 0.717) is 11.5 Å². The number of hydrogen-bond acceptors (Lipinski definition) is 5. The molecule has 2 aromatic rings. The highest BCUT2D eigenvalue weighted by Crippen LogP contribution is 2.34. The molecule has 8 heteroatoms. The van der Waals surface area contributed by atoms with Crippen LogP contribution in [-0.2, 0) is 6.54 Å². The van der Waals surface area contributed by atoms with Gasteiger partial charge in [0, 0.05) is 5.92 Å². The van der Waals surface area contributed by atoms with Crippen LogP contribution in [0.2, 0.25) is 0 Å². The van der Waals surface area contributed by atoms with Gasteiger partial charge >= 0.3 is 11.9 Å². The van der Waals surface area contributed by atoms with Crippen molar-refractivity contribution in [1.29, 1.82) is 0 Å². The molecular formula is C15H17N3O5. The molecule has 0 aromatic carbocycles. The molecule has 1 saturated carbocycles. The number of furan rings is 1. The van der Waals surface area contributed by atoms with Crippen molar-refractivity contribution in [3.05, 3.63) is 35.0 Å². The van der Waals surface area contributed by atoms with Gasteiger partial charge in [-0.15, -0.1) is 5.10 Å². The van der Waals surface area contributed by atoms with Crippen molar-refractivity contribution >= 4 is 11.9 Å². The fraction of sp³-hybridized carbons (Fsp3) is 0.467. The third-order valence-corrected chi connectivity index (χ3v) is 4.15. The van der Waals surface area contributed by atoms with Crippen LogP contribution in [0.5, 0.6) is 0 Å². The van der Waals surface area contributed by atoms with Crippen LogP contribution in [-0.4, -0.2) is 37.1 Å². The summed E-state index contributed by atoms with van der Waals surface area (Å²) in [6.45, 7) is 0.166. The third kappa shape index (κ3) is 3.10. The van der Waals surface area contributed by atoms with E-state index in [0.717, 1.165) is 32.1 Å². The van der Waals surface area contributed by atoms with Gasteiger partial charge in [-0.1, -0.05) is 24.5 Å². The van der Waals surface area contributed by atoms with Gasteiger partial charge in [0.1, 0.15) is 12.3 Å². The monoisotopic (exact) mass is 319 g/mol. The maximum Gasteiger partial charge on any atom is 0.371 e. The molecule has 1 aliphatic carbocycles. The predicted octanol–water partition coefficient (Wildman–Crippen LogP) is 2.36. The predicted molar refractivity (Wildman–Crippen MR) is 77.6 cm³/mol. The maximum absolute atomic E-state index is 11.4. The minimum Gasteiger partial charge on any atom is -0.476 e. The van der Waals surface area contributed by atoms with E-state index in [9.17, 15) is 14.7 Å². The molecule has 0 bridgehead atoms. The number of nitrogens with zero attached hydrogens (tertiary/aromatic N) is 3. The third-order valence-electron chi connectivity index (χ3n) is 4.15. The molecular weight excluding hydrogens is 302 g/mol. The SMILES string of the molecule is O=C(O)c1ccc(Cn2nnc(C(=O)O)c2C2CCCCC2)o1. The second kappa shape index (κ2) is 6.23. The maximum atomic E-state index is 11.4. The lowest BCUT2D eigenvalue weighted by Gasteiger charge is -2.22. The van der Waals surface area contributed by atoms with E-state index in [1.807, 2.05) is 0 Å². The molecule has 1 aliphatic rings. The van der Waals surface area contributed by atoms with Gasteiger partial charge in [0.15, 0.2) is 5.69 Å². The Labute approximate surface area is 131 Å². The molecule has 0 saturated heterocycles. The number of hydrogen-bond donors (Lipinski definition) is 2. The normalized spacial score (nSPS) is 15.7. The minimum absolute atomic E-state index is 0.0260. The Morgan fingerprint density at radius 1 is 1.17 bits per heavy atom. The largest absolute Gasteiger partial charge is 0.476 e. The Morgan fingerprint density at radius 2 is 1.91 bits per heavy atom. The lowest BCUT2D eigenvalue weighted by Crippen LogP contribution is -2.16. The summed E-state index contributed by atoms with van der Waals surface area (Å²) in [5.41, 5.74) is 0.576. The summed E-state index contributed by atoms with van der Waals surface area (Å²) in [5.74, 6) is -1.88. The second-order valence-corrected chi connectivity index (χ2v) is 5.69. The number of carbonyl (C=O) groups is 2. The topological polar surface area (TPSA) is 118 Å². The zero-order chi connectivity index (χ0) is 16.4. The van der Waals surface area contributed by atoms with E-state index in [1.54, 1.807) is 6.07 Å². The summed E-state index contributed by atoms with van der Waals surface area (Å²) in [5, 5.41) is 26.0. The van der Waals surface area contributed by atoms with Gasteiger partial charge in [-0.25, -0.2) is 14.3 Å². The first-order valence-corrected chi connectivity index (χ1v) is 7.55. The first-order chi connectivity index (χ1) is 11.1. The fourth-order valence-corrected chi connectivity index (χ4v) is 3.10. The van der Waals surface area contributed by atoms with Gasteiger partial charge in [-0.2, -0.15) is 0 Å². The summed E-state index contributed by atoms with van der Waals surface area (Å²) >= 11 is 0. The number of carboxylic acids is 2. The van der Waals surface area contributed by atoms with Gasteiger partial charge in [-0.05, 0) is 25.0 Å². The van der Waals surface area contributed by atoms with Crippen LogP contribution in [0.3, 0.4) is 0 Å². The van der Waals surface area contributed by atoms with E-state index in [1.165, 1.54) is 10.7 Å². The smallest absolute Gasteiger partial charge is 0.371 e. The number of rotatable bonds is 5. The van der Waals surface area contributed by atoms with Crippen molar-refractivity contribution in [3.8, 4) is 0 Å². The summed E-state index contributed by atoms with van der Waals surface area (Å²) in [6, 6.07) is 2.92. The average Bonchev–Trinajstić information content (AvgIpc) is 3.15. The van der Waals surface area contributed by atoms with Gasteiger partial charge in [-0.3, -0.25) is 0 Å². The number of aromatic carboxylic acids is 2. The van der Waals surface area contributed by atoms with Gasteiger partial charge in [0.25, 0.3) is 0 Å². The van der Waals surface area contributed by atoms with E-state index < -0.39 is 11.9 Å². The van der Waals surface area contributed by atoms with Crippen LogP contribution >= 0.6 is 0 Å². The molecule has 0 radical (unpaired) electrons. The molecule has 0 aliphatic heterocycles. The van der Waals surface area contributed by atoms with Crippen molar-refractivity contribution in [2.45, 2.75) is 44.6 Å². The van der Waals surface area contributed by atoms with Gasteiger partial charge in [0.05, 0.1) is 5.69 Å². The molecule has 0 unspecified atom stereocenters. The standard InChI is InChI=1S/C15H17N3O5/c19-14(20)11-7-6-10(23-11)8-18-13(9-4-2-1-3-5-9)12(15(21)22)16-17-18/h6-7,9H,1-5,8H2,(H,19,20)(H,21,22). The zero-order valence-electron chi connectivity index (χ0n) is 12.4. The second-order valence-electron chi connectivity index (χ2n) is 5.69. The van der Waals surface area contributed by atoms with E-state index in [4.69, 9.17) is 9.52 Å². The van der Waals surface area contributed by atoms with Crippen LogP contribution < -0.4 is 0 Å². The molecule has 2 N–H and O–H groups in total. The molecule has 23 heavy (non-hydrogen) atoms. The molecule has 2 aromatic heterocycles.